The Morgan fingerprint density at radius 2 is 2.05 bits per heavy atom. The smallest absolute Gasteiger partial charge is 0.217 e. The zero-order valence-electron chi connectivity index (χ0n) is 12.8. The fourth-order valence-electron chi connectivity index (χ4n) is 2.31. The van der Waals surface area contributed by atoms with E-state index in [0.29, 0.717) is 6.61 Å². The highest BCUT2D eigenvalue weighted by Crippen LogP contribution is 2.21. The van der Waals surface area contributed by atoms with E-state index in [-0.39, 0.29) is 18.9 Å². The molecule has 124 valence electrons. The molecule has 0 saturated carbocycles. The minimum absolute atomic E-state index is 0.183. The summed E-state index contributed by atoms with van der Waals surface area (Å²) in [4.78, 5) is 11.2. The lowest BCUT2D eigenvalue weighted by Gasteiger charge is -2.39. The van der Waals surface area contributed by atoms with Crippen molar-refractivity contribution in [3.05, 3.63) is 0 Å². The average Bonchev–Trinajstić information content (AvgIpc) is 2.45. The van der Waals surface area contributed by atoms with Crippen molar-refractivity contribution >= 4 is 5.91 Å². The molecule has 1 saturated heterocycles. The monoisotopic (exact) mass is 305 g/mol. The fraction of sp³-hybridized carbons (Fsp3) is 0.929. The number of nitrogens with one attached hydrogen (secondary N) is 1. The van der Waals surface area contributed by atoms with Crippen LogP contribution in [0.1, 0.15) is 32.6 Å². The Hall–Kier alpha value is -0.730. The number of ether oxygens (including phenoxy) is 3. The summed E-state index contributed by atoms with van der Waals surface area (Å²) in [5.74, 6) is -0.251. The summed E-state index contributed by atoms with van der Waals surface area (Å²) in [6.07, 6.45) is 1.05. The largest absolute Gasteiger partial charge is 0.394 e. The molecular formula is C14H27NO6. The van der Waals surface area contributed by atoms with Crippen LogP contribution in [0, 0.1) is 0 Å². The Morgan fingerprint density at radius 3 is 2.67 bits per heavy atom. The summed E-state index contributed by atoms with van der Waals surface area (Å²) in [5.41, 5.74) is 0. The summed E-state index contributed by atoms with van der Waals surface area (Å²) < 4.78 is 16.2. The number of carbonyl (C=O) groups is 1. The second-order valence-corrected chi connectivity index (χ2v) is 5.26. The Labute approximate surface area is 125 Å². The highest BCUT2D eigenvalue weighted by molar-refractivity contribution is 5.73. The van der Waals surface area contributed by atoms with Crippen molar-refractivity contribution in [3.63, 3.8) is 0 Å². The number of hydrogen-bond donors (Lipinski definition) is 3. The number of amides is 1. The molecule has 1 amide bonds. The number of methoxy groups -OCH3 is 1. The predicted octanol–water partition coefficient (Wildman–Crippen LogP) is -0.207. The van der Waals surface area contributed by atoms with Gasteiger partial charge in [0.25, 0.3) is 0 Å². The molecule has 1 fully saturated rings. The minimum Gasteiger partial charge on any atom is -0.394 e. The van der Waals surface area contributed by atoms with Gasteiger partial charge in [-0.3, -0.25) is 4.79 Å². The third-order valence-corrected chi connectivity index (χ3v) is 3.39. The van der Waals surface area contributed by atoms with Crippen molar-refractivity contribution < 1.29 is 29.2 Å². The second kappa shape index (κ2) is 10.1. The van der Waals surface area contributed by atoms with Crippen LogP contribution in [0.2, 0.25) is 0 Å². The van der Waals surface area contributed by atoms with Crippen molar-refractivity contribution in [2.45, 2.75) is 57.1 Å². The third kappa shape index (κ3) is 6.71. The van der Waals surface area contributed by atoms with Crippen LogP contribution < -0.4 is 5.32 Å². The molecule has 1 aliphatic heterocycles. The number of aliphatic hydroxyl groups excluding tert-OH is 2. The van der Waals surface area contributed by atoms with Crippen molar-refractivity contribution in [1.82, 2.24) is 5.32 Å². The van der Waals surface area contributed by atoms with E-state index in [1.807, 2.05) is 0 Å². The molecule has 7 nitrogen and oxygen atoms in total. The fourth-order valence-corrected chi connectivity index (χ4v) is 2.31. The highest BCUT2D eigenvalue weighted by atomic mass is 16.7. The van der Waals surface area contributed by atoms with Gasteiger partial charge >= 0.3 is 0 Å². The van der Waals surface area contributed by atoms with Gasteiger partial charge in [-0.25, -0.2) is 0 Å². The number of unbranched alkanes of at least 4 members (excludes halogenated alkanes) is 2. The molecule has 0 spiro atoms. The van der Waals surface area contributed by atoms with Crippen molar-refractivity contribution in [3.8, 4) is 0 Å². The summed E-state index contributed by atoms with van der Waals surface area (Å²) in [6.45, 7) is 2.39. The molecule has 0 aromatic carbocycles. The first-order chi connectivity index (χ1) is 10.1. The van der Waals surface area contributed by atoms with E-state index in [2.05, 4.69) is 5.32 Å². The van der Waals surface area contributed by atoms with Gasteiger partial charge in [-0.05, 0) is 19.3 Å². The topological polar surface area (TPSA) is 97.2 Å². The van der Waals surface area contributed by atoms with Gasteiger partial charge in [0, 0.05) is 33.7 Å². The van der Waals surface area contributed by atoms with E-state index in [4.69, 9.17) is 14.2 Å². The summed E-state index contributed by atoms with van der Waals surface area (Å²) in [5, 5.41) is 21.9. The lowest BCUT2D eigenvalue weighted by Crippen LogP contribution is -2.58. The maximum atomic E-state index is 11.2. The first-order valence-corrected chi connectivity index (χ1v) is 7.40. The molecule has 0 bridgehead atoms. The quantitative estimate of drug-likeness (QED) is 0.510. The van der Waals surface area contributed by atoms with E-state index in [9.17, 15) is 15.0 Å². The van der Waals surface area contributed by atoms with Gasteiger partial charge in [0.05, 0.1) is 18.8 Å². The number of carbonyl (C=O) groups excluding carboxylic acids is 1. The van der Waals surface area contributed by atoms with E-state index < -0.39 is 24.5 Å². The van der Waals surface area contributed by atoms with Crippen LogP contribution in [-0.4, -0.2) is 67.6 Å². The first-order valence-electron chi connectivity index (χ1n) is 7.40. The van der Waals surface area contributed by atoms with E-state index in [1.54, 1.807) is 7.11 Å². The summed E-state index contributed by atoms with van der Waals surface area (Å²) in [7, 11) is 1.67. The van der Waals surface area contributed by atoms with E-state index >= 15 is 0 Å². The van der Waals surface area contributed by atoms with Crippen LogP contribution in [0.25, 0.3) is 0 Å². The van der Waals surface area contributed by atoms with Crippen LogP contribution in [0.4, 0.5) is 0 Å². The summed E-state index contributed by atoms with van der Waals surface area (Å²) >= 11 is 0. The highest BCUT2D eigenvalue weighted by Gasteiger charge is 2.38. The Bertz CT molecular complexity index is 301. The third-order valence-electron chi connectivity index (χ3n) is 3.39. The normalized spacial score (nSPS) is 29.3. The minimum atomic E-state index is -0.793. The molecule has 4 atom stereocenters. The standard InChI is InChI=1S/C14H27NO6/c1-10(17)15-13-12(18)8-11(9-16)21-14(13)20-7-5-3-4-6-19-2/h11-14,16,18H,3-9H2,1-2H3,(H,15,17). The van der Waals surface area contributed by atoms with Gasteiger partial charge in [-0.2, -0.15) is 0 Å². The van der Waals surface area contributed by atoms with Crippen molar-refractivity contribution in [2.24, 2.45) is 0 Å². The Balaban J connectivity index is 2.41. The van der Waals surface area contributed by atoms with Crippen LogP contribution >= 0.6 is 0 Å². The van der Waals surface area contributed by atoms with Gasteiger partial charge in [0.2, 0.25) is 5.91 Å². The molecule has 0 aromatic rings. The van der Waals surface area contributed by atoms with Crippen LogP contribution in [0.5, 0.6) is 0 Å². The maximum absolute atomic E-state index is 11.2. The molecule has 4 unspecified atom stereocenters. The summed E-state index contributed by atoms with van der Waals surface area (Å²) in [6, 6.07) is -0.607. The molecular weight excluding hydrogens is 278 g/mol. The van der Waals surface area contributed by atoms with Crippen LogP contribution in [0.3, 0.4) is 0 Å². The van der Waals surface area contributed by atoms with Crippen molar-refractivity contribution in [2.75, 3.05) is 26.9 Å². The van der Waals surface area contributed by atoms with Crippen molar-refractivity contribution in [1.29, 1.82) is 0 Å². The molecule has 1 aliphatic rings. The molecule has 1 heterocycles. The molecule has 0 radical (unpaired) electrons. The van der Waals surface area contributed by atoms with E-state index in [1.165, 1.54) is 6.92 Å². The average molecular weight is 305 g/mol. The van der Waals surface area contributed by atoms with Gasteiger partial charge in [0.15, 0.2) is 6.29 Å². The zero-order chi connectivity index (χ0) is 15.7. The van der Waals surface area contributed by atoms with Gasteiger partial charge < -0.3 is 29.7 Å². The van der Waals surface area contributed by atoms with E-state index in [0.717, 1.165) is 25.9 Å². The SMILES string of the molecule is COCCCCCOC1OC(CO)CC(O)C1NC(C)=O. The van der Waals surface area contributed by atoms with Gasteiger partial charge in [-0.15, -0.1) is 0 Å². The van der Waals surface area contributed by atoms with Crippen LogP contribution in [-0.2, 0) is 19.0 Å². The first kappa shape index (κ1) is 18.3. The molecule has 0 aromatic heterocycles. The predicted molar refractivity (Wildman–Crippen MR) is 75.7 cm³/mol. The number of hydrogen-bond acceptors (Lipinski definition) is 6. The zero-order valence-corrected chi connectivity index (χ0v) is 12.8. The second-order valence-electron chi connectivity index (χ2n) is 5.26. The van der Waals surface area contributed by atoms with Gasteiger partial charge in [-0.1, -0.05) is 0 Å². The van der Waals surface area contributed by atoms with Crippen LogP contribution in [0.15, 0.2) is 0 Å². The lowest BCUT2D eigenvalue weighted by molar-refractivity contribution is -0.237. The molecule has 7 heteroatoms. The Morgan fingerprint density at radius 1 is 1.33 bits per heavy atom. The Kier molecular flexibility index (Phi) is 8.79. The molecule has 3 N–H and O–H groups in total. The molecule has 1 rings (SSSR count). The molecule has 21 heavy (non-hydrogen) atoms. The number of rotatable bonds is 9. The molecule has 0 aliphatic carbocycles. The number of aliphatic hydroxyl groups is 2. The maximum Gasteiger partial charge on any atom is 0.217 e. The van der Waals surface area contributed by atoms with Gasteiger partial charge in [0.1, 0.15) is 6.04 Å². The lowest BCUT2D eigenvalue weighted by atomic mass is 10.0.